The van der Waals surface area contributed by atoms with Crippen LogP contribution in [0.15, 0.2) is 76.6 Å². The number of hydrogen-bond acceptors (Lipinski definition) is 6. The molecule has 2 saturated heterocycles. The number of likely N-dealkylation sites (tertiary alicyclic amines) is 1. The van der Waals surface area contributed by atoms with Crippen molar-refractivity contribution in [2.75, 3.05) is 26.2 Å². The summed E-state index contributed by atoms with van der Waals surface area (Å²) >= 11 is 0. The number of allylic oxidation sites excluding steroid dienone is 3. The van der Waals surface area contributed by atoms with E-state index in [1.54, 1.807) is 18.2 Å². The molecule has 186 valence electrons. The lowest BCUT2D eigenvalue weighted by molar-refractivity contribution is -0.117. The molecule has 35 heavy (non-hydrogen) atoms. The second kappa shape index (κ2) is 10.0. The first kappa shape index (κ1) is 23.8. The number of nitrogens with zero attached hydrogens (tertiary/aromatic N) is 2. The summed E-state index contributed by atoms with van der Waals surface area (Å²) in [5.74, 6) is 0.300. The number of rotatable bonds is 8. The van der Waals surface area contributed by atoms with E-state index in [1.165, 1.54) is 5.56 Å². The van der Waals surface area contributed by atoms with E-state index in [1.807, 2.05) is 17.0 Å². The van der Waals surface area contributed by atoms with Crippen LogP contribution in [-0.4, -0.2) is 66.9 Å². The quantitative estimate of drug-likeness (QED) is 0.475. The fourth-order valence-corrected chi connectivity index (χ4v) is 6.39. The molecule has 0 bridgehead atoms. The zero-order valence-electron chi connectivity index (χ0n) is 19.7. The Bertz CT molecular complexity index is 1200. The Morgan fingerprint density at radius 3 is 2.83 bits per heavy atom. The van der Waals surface area contributed by atoms with Gasteiger partial charge >= 0.3 is 0 Å². The topological polar surface area (TPSA) is 102 Å². The van der Waals surface area contributed by atoms with Gasteiger partial charge in [0.25, 0.3) is 16.0 Å². The summed E-state index contributed by atoms with van der Waals surface area (Å²) in [5.41, 5.74) is 1.67. The third-order valence-electron chi connectivity index (χ3n) is 7.19. The number of carbonyl (C=O) groups excluding carboxylic acids is 1. The minimum absolute atomic E-state index is 0.0183. The standard InChI is InChI=1S/C26H32N4O4S/c31-26(22-16-21-18-27-24-13-6-12-23(30(21)24)25(22)35(32,33)34)28-17-20-11-4-5-14-29(20)15-7-10-19-8-2-1-3-9-19/h1-3,6,8-9,12-13,16,20-21,27H,4-5,7,10-11,14-15,17-18H2,(H,28,31)(H,32,33,34). The molecule has 4 aliphatic heterocycles. The molecule has 8 nitrogen and oxygen atoms in total. The minimum atomic E-state index is -4.61. The molecule has 0 aromatic heterocycles. The fraction of sp³-hybridized carbons (Fsp3) is 0.423. The van der Waals surface area contributed by atoms with E-state index in [9.17, 15) is 17.8 Å². The molecule has 4 heterocycles. The lowest BCUT2D eigenvalue weighted by Crippen LogP contribution is -2.48. The van der Waals surface area contributed by atoms with E-state index in [-0.39, 0.29) is 22.6 Å². The Balaban J connectivity index is 1.26. The number of hydrogen-bond donors (Lipinski definition) is 3. The lowest BCUT2D eigenvalue weighted by atomic mass is 10.00. The smallest absolute Gasteiger partial charge is 0.297 e. The normalized spacial score (nSPS) is 24.0. The number of benzene rings is 1. The highest BCUT2D eigenvalue weighted by molar-refractivity contribution is 7.90. The van der Waals surface area contributed by atoms with Crippen molar-refractivity contribution in [3.8, 4) is 0 Å². The number of amides is 1. The number of piperidine rings is 1. The highest BCUT2D eigenvalue weighted by Gasteiger charge is 2.41. The van der Waals surface area contributed by atoms with Crippen LogP contribution in [-0.2, 0) is 21.3 Å². The van der Waals surface area contributed by atoms with E-state index in [0.29, 0.717) is 18.8 Å². The molecule has 1 amide bonds. The van der Waals surface area contributed by atoms with Crippen LogP contribution in [0.3, 0.4) is 0 Å². The van der Waals surface area contributed by atoms with Crippen LogP contribution in [0, 0.1) is 0 Å². The zero-order valence-corrected chi connectivity index (χ0v) is 20.5. The molecule has 3 N–H and O–H groups in total. The first-order chi connectivity index (χ1) is 16.9. The average Bonchev–Trinajstić information content (AvgIpc) is 3.27. The van der Waals surface area contributed by atoms with Gasteiger partial charge in [-0.05, 0) is 62.6 Å². The summed E-state index contributed by atoms with van der Waals surface area (Å²) in [5, 5.41) is 6.20. The van der Waals surface area contributed by atoms with Gasteiger partial charge in [0.15, 0.2) is 0 Å². The van der Waals surface area contributed by atoms with Gasteiger partial charge in [0.05, 0.1) is 17.3 Å². The van der Waals surface area contributed by atoms with Crippen LogP contribution in [0.4, 0.5) is 0 Å². The molecule has 4 aliphatic rings. The second-order valence-electron chi connectivity index (χ2n) is 9.48. The Kier molecular flexibility index (Phi) is 6.82. The van der Waals surface area contributed by atoms with Crippen LogP contribution in [0.25, 0.3) is 0 Å². The van der Waals surface area contributed by atoms with Crippen molar-refractivity contribution >= 4 is 16.0 Å². The summed E-state index contributed by atoms with van der Waals surface area (Å²) < 4.78 is 34.7. The molecule has 2 unspecified atom stereocenters. The summed E-state index contributed by atoms with van der Waals surface area (Å²) in [4.78, 5) is 17.2. The number of nitrogens with one attached hydrogen (secondary N) is 2. The van der Waals surface area contributed by atoms with E-state index >= 15 is 0 Å². The third kappa shape index (κ3) is 5.07. The maximum atomic E-state index is 13.3. The average molecular weight is 497 g/mol. The van der Waals surface area contributed by atoms with Gasteiger partial charge in [0, 0.05) is 19.1 Å². The molecule has 1 aromatic carbocycles. The molecule has 0 aliphatic carbocycles. The Hall–Kier alpha value is -2.88. The maximum Gasteiger partial charge on any atom is 0.297 e. The maximum absolute atomic E-state index is 13.3. The number of aryl methyl sites for hydroxylation is 1. The van der Waals surface area contributed by atoms with Crippen molar-refractivity contribution in [1.82, 2.24) is 20.4 Å². The van der Waals surface area contributed by atoms with Crippen molar-refractivity contribution in [2.24, 2.45) is 0 Å². The molecular formula is C26H32N4O4S. The largest absolute Gasteiger partial charge is 0.369 e. The van der Waals surface area contributed by atoms with Crippen molar-refractivity contribution in [3.05, 3.63) is 82.2 Å². The van der Waals surface area contributed by atoms with E-state index < -0.39 is 16.0 Å². The van der Waals surface area contributed by atoms with Gasteiger partial charge in [-0.2, -0.15) is 8.42 Å². The summed E-state index contributed by atoms with van der Waals surface area (Å²) in [6, 6.07) is 10.5. The molecule has 2 fully saturated rings. The molecular weight excluding hydrogens is 464 g/mol. The molecule has 5 rings (SSSR count). The van der Waals surface area contributed by atoms with E-state index in [4.69, 9.17) is 0 Å². The van der Waals surface area contributed by atoms with E-state index in [0.717, 1.165) is 51.0 Å². The SMILES string of the molecule is O=C(NCC1CCCCN1CCCc1ccccc1)C1=CC2CNC3=CC=CC(=C1S(=O)(=O)O)N32. The van der Waals surface area contributed by atoms with Crippen LogP contribution in [0.1, 0.15) is 31.2 Å². The first-order valence-electron chi connectivity index (χ1n) is 12.3. The third-order valence-corrected chi connectivity index (χ3v) is 8.14. The Morgan fingerprint density at radius 2 is 2.03 bits per heavy atom. The van der Waals surface area contributed by atoms with Gasteiger partial charge < -0.3 is 15.5 Å². The van der Waals surface area contributed by atoms with Crippen molar-refractivity contribution in [1.29, 1.82) is 0 Å². The minimum Gasteiger partial charge on any atom is -0.369 e. The number of carbonyl (C=O) groups is 1. The predicted molar refractivity (Wildman–Crippen MR) is 134 cm³/mol. The molecule has 0 saturated carbocycles. The Labute approximate surface area is 206 Å². The van der Waals surface area contributed by atoms with Gasteiger partial charge in [0.1, 0.15) is 10.7 Å². The molecule has 9 heteroatoms. The van der Waals surface area contributed by atoms with Crippen LogP contribution in [0.2, 0.25) is 0 Å². The van der Waals surface area contributed by atoms with Gasteiger partial charge in [-0.1, -0.05) is 42.8 Å². The van der Waals surface area contributed by atoms with Gasteiger partial charge in [0.2, 0.25) is 0 Å². The first-order valence-corrected chi connectivity index (χ1v) is 13.8. The van der Waals surface area contributed by atoms with Crippen molar-refractivity contribution in [2.45, 2.75) is 44.2 Å². The fourth-order valence-electron chi connectivity index (χ4n) is 5.52. The van der Waals surface area contributed by atoms with Crippen LogP contribution in [0.5, 0.6) is 0 Å². The van der Waals surface area contributed by atoms with Crippen molar-refractivity contribution in [3.63, 3.8) is 0 Å². The summed E-state index contributed by atoms with van der Waals surface area (Å²) in [6.45, 7) is 2.97. The Morgan fingerprint density at radius 1 is 1.20 bits per heavy atom. The highest BCUT2D eigenvalue weighted by Crippen LogP contribution is 2.37. The monoisotopic (exact) mass is 496 g/mol. The highest BCUT2D eigenvalue weighted by atomic mass is 32.2. The summed E-state index contributed by atoms with van der Waals surface area (Å²) in [6.07, 6.45) is 12.2. The van der Waals surface area contributed by atoms with E-state index in [2.05, 4.69) is 39.8 Å². The predicted octanol–water partition coefficient (Wildman–Crippen LogP) is 2.31. The van der Waals surface area contributed by atoms with Crippen LogP contribution < -0.4 is 10.6 Å². The second-order valence-corrected chi connectivity index (χ2v) is 10.8. The molecule has 2 atom stereocenters. The molecule has 1 aromatic rings. The lowest BCUT2D eigenvalue weighted by Gasteiger charge is -2.36. The van der Waals surface area contributed by atoms with Gasteiger partial charge in [-0.3, -0.25) is 14.2 Å². The van der Waals surface area contributed by atoms with Crippen molar-refractivity contribution < 1.29 is 17.8 Å². The van der Waals surface area contributed by atoms with Crippen LogP contribution >= 0.6 is 0 Å². The molecule has 0 radical (unpaired) electrons. The zero-order chi connectivity index (χ0) is 24.4. The van der Waals surface area contributed by atoms with Gasteiger partial charge in [-0.25, -0.2) is 0 Å². The molecule has 0 spiro atoms. The van der Waals surface area contributed by atoms with Gasteiger partial charge in [-0.15, -0.1) is 0 Å². The summed E-state index contributed by atoms with van der Waals surface area (Å²) in [7, 11) is -4.61.